The Kier molecular flexibility index (Phi) is 4.46. The molecule has 76 valence electrons. The van der Waals surface area contributed by atoms with Crippen LogP contribution in [0.3, 0.4) is 0 Å². The summed E-state index contributed by atoms with van der Waals surface area (Å²) in [4.78, 5) is 2.49. The highest BCUT2D eigenvalue weighted by molar-refractivity contribution is 4.85. The molecule has 1 saturated carbocycles. The van der Waals surface area contributed by atoms with Gasteiger partial charge in [-0.2, -0.15) is 0 Å². The minimum absolute atomic E-state index is 0.664. The maximum Gasteiger partial charge on any atom is 0.0192 e. The van der Waals surface area contributed by atoms with Gasteiger partial charge in [-0.05, 0) is 39.8 Å². The molecule has 0 bridgehead atoms. The molecule has 2 heteroatoms. The molecule has 13 heavy (non-hydrogen) atoms. The molecule has 0 amide bonds. The monoisotopic (exact) mass is 182 g/mol. The van der Waals surface area contributed by atoms with Crippen LogP contribution in [0.4, 0.5) is 0 Å². The van der Waals surface area contributed by atoms with Crippen molar-refractivity contribution >= 4 is 0 Å². The lowest BCUT2D eigenvalue weighted by Gasteiger charge is -2.24. The third kappa shape index (κ3) is 3.92. The van der Waals surface area contributed by atoms with E-state index in [1.165, 1.54) is 12.8 Å². The average molecular weight is 182 g/mol. The minimum atomic E-state index is 0.664. The van der Waals surface area contributed by atoms with Gasteiger partial charge in [0.2, 0.25) is 0 Å². The lowest BCUT2D eigenvalue weighted by atomic mass is 10.3. The van der Waals surface area contributed by atoms with Crippen LogP contribution in [0.15, 0.2) is 12.7 Å². The van der Waals surface area contributed by atoms with Gasteiger partial charge in [-0.1, -0.05) is 6.08 Å². The summed E-state index contributed by atoms with van der Waals surface area (Å²) in [6.07, 6.45) is 5.82. The highest BCUT2D eigenvalue weighted by atomic mass is 15.2. The Hall–Kier alpha value is -0.340. The Morgan fingerprint density at radius 3 is 2.85 bits per heavy atom. The molecule has 0 aromatic carbocycles. The molecule has 0 aromatic heterocycles. The first kappa shape index (κ1) is 10.7. The van der Waals surface area contributed by atoms with Crippen molar-refractivity contribution < 1.29 is 0 Å². The van der Waals surface area contributed by atoms with Gasteiger partial charge >= 0.3 is 0 Å². The summed E-state index contributed by atoms with van der Waals surface area (Å²) < 4.78 is 0. The molecule has 1 fully saturated rings. The predicted molar refractivity (Wildman–Crippen MR) is 57.9 cm³/mol. The predicted octanol–water partition coefficient (Wildman–Crippen LogP) is 1.63. The summed E-state index contributed by atoms with van der Waals surface area (Å²) in [5, 5.41) is 3.44. The number of rotatable bonds is 7. The van der Waals surface area contributed by atoms with Gasteiger partial charge in [-0.25, -0.2) is 0 Å². The van der Waals surface area contributed by atoms with Crippen LogP contribution in [0.1, 0.15) is 26.2 Å². The van der Waals surface area contributed by atoms with Crippen LogP contribution in [-0.4, -0.2) is 37.1 Å². The topological polar surface area (TPSA) is 15.3 Å². The summed E-state index contributed by atoms with van der Waals surface area (Å²) >= 11 is 0. The largest absolute Gasteiger partial charge is 0.315 e. The first-order chi connectivity index (χ1) is 6.25. The van der Waals surface area contributed by atoms with E-state index in [2.05, 4.69) is 30.8 Å². The van der Waals surface area contributed by atoms with Gasteiger partial charge in [-0.15, -0.1) is 6.58 Å². The number of nitrogens with one attached hydrogen (secondary N) is 1. The Labute approximate surface area is 82.0 Å². The first-order valence-electron chi connectivity index (χ1n) is 5.29. The van der Waals surface area contributed by atoms with E-state index >= 15 is 0 Å². The molecular formula is C11H22N2. The summed E-state index contributed by atoms with van der Waals surface area (Å²) in [6, 6.07) is 1.54. The standard InChI is InChI=1S/C11H22N2/c1-4-5-8-12-9-10(2)13(3)11-6-7-11/h4,10-12H,1,5-9H2,2-3H3. The van der Waals surface area contributed by atoms with E-state index in [-0.39, 0.29) is 0 Å². The second kappa shape index (κ2) is 5.40. The molecule has 1 N–H and O–H groups in total. The van der Waals surface area contributed by atoms with Gasteiger partial charge in [0.05, 0.1) is 0 Å². The second-order valence-corrected chi connectivity index (χ2v) is 4.03. The van der Waals surface area contributed by atoms with Crippen LogP contribution in [0.2, 0.25) is 0 Å². The van der Waals surface area contributed by atoms with Gasteiger partial charge in [0.25, 0.3) is 0 Å². The molecule has 0 aliphatic heterocycles. The Bertz CT molecular complexity index is 152. The highest BCUT2D eigenvalue weighted by Crippen LogP contribution is 2.26. The SMILES string of the molecule is C=CCCNCC(C)N(C)C1CC1. The van der Waals surface area contributed by atoms with E-state index in [0.717, 1.165) is 25.6 Å². The fourth-order valence-electron chi connectivity index (χ4n) is 1.50. The molecule has 0 heterocycles. The van der Waals surface area contributed by atoms with Crippen LogP contribution >= 0.6 is 0 Å². The number of hydrogen-bond donors (Lipinski definition) is 1. The Morgan fingerprint density at radius 2 is 2.31 bits per heavy atom. The molecular weight excluding hydrogens is 160 g/mol. The number of likely N-dealkylation sites (N-methyl/N-ethyl adjacent to an activating group) is 1. The lowest BCUT2D eigenvalue weighted by molar-refractivity contribution is 0.242. The van der Waals surface area contributed by atoms with Crippen LogP contribution in [-0.2, 0) is 0 Å². The van der Waals surface area contributed by atoms with E-state index in [4.69, 9.17) is 0 Å². The van der Waals surface area contributed by atoms with Crippen molar-refractivity contribution in [3.8, 4) is 0 Å². The zero-order valence-electron chi connectivity index (χ0n) is 8.92. The van der Waals surface area contributed by atoms with Crippen molar-refractivity contribution in [2.24, 2.45) is 0 Å². The smallest absolute Gasteiger partial charge is 0.0192 e. The molecule has 0 spiro atoms. The maximum atomic E-state index is 3.70. The molecule has 1 aliphatic carbocycles. The van der Waals surface area contributed by atoms with Crippen LogP contribution in [0.25, 0.3) is 0 Å². The van der Waals surface area contributed by atoms with E-state index in [0.29, 0.717) is 6.04 Å². The van der Waals surface area contributed by atoms with Gasteiger partial charge in [0.15, 0.2) is 0 Å². The number of nitrogens with zero attached hydrogens (tertiary/aromatic N) is 1. The fourth-order valence-corrected chi connectivity index (χ4v) is 1.50. The summed E-state index contributed by atoms with van der Waals surface area (Å²) in [5.74, 6) is 0. The van der Waals surface area contributed by atoms with Gasteiger partial charge in [-0.3, -0.25) is 4.90 Å². The van der Waals surface area contributed by atoms with Crippen LogP contribution < -0.4 is 5.32 Å². The van der Waals surface area contributed by atoms with Crippen LogP contribution in [0.5, 0.6) is 0 Å². The zero-order valence-corrected chi connectivity index (χ0v) is 8.92. The quantitative estimate of drug-likeness (QED) is 0.475. The van der Waals surface area contributed by atoms with Crippen molar-refractivity contribution in [2.45, 2.75) is 38.3 Å². The third-order valence-electron chi connectivity index (χ3n) is 2.78. The second-order valence-electron chi connectivity index (χ2n) is 4.03. The number of hydrogen-bond acceptors (Lipinski definition) is 2. The first-order valence-corrected chi connectivity index (χ1v) is 5.29. The van der Waals surface area contributed by atoms with E-state index in [1.54, 1.807) is 0 Å². The third-order valence-corrected chi connectivity index (χ3v) is 2.78. The lowest BCUT2D eigenvalue weighted by Crippen LogP contribution is -2.39. The van der Waals surface area contributed by atoms with Crippen molar-refractivity contribution in [2.75, 3.05) is 20.1 Å². The molecule has 0 aromatic rings. The normalized spacial score (nSPS) is 19.0. The molecule has 1 aliphatic rings. The van der Waals surface area contributed by atoms with Crippen molar-refractivity contribution in [3.05, 3.63) is 12.7 Å². The van der Waals surface area contributed by atoms with Gasteiger partial charge in [0, 0.05) is 18.6 Å². The van der Waals surface area contributed by atoms with Crippen molar-refractivity contribution in [1.29, 1.82) is 0 Å². The minimum Gasteiger partial charge on any atom is -0.315 e. The maximum absolute atomic E-state index is 3.70. The average Bonchev–Trinajstić information content (AvgIpc) is 2.94. The van der Waals surface area contributed by atoms with Crippen molar-refractivity contribution in [1.82, 2.24) is 10.2 Å². The molecule has 1 unspecified atom stereocenters. The summed E-state index contributed by atoms with van der Waals surface area (Å²) in [7, 11) is 2.23. The highest BCUT2D eigenvalue weighted by Gasteiger charge is 2.28. The molecule has 1 rings (SSSR count). The van der Waals surface area contributed by atoms with Gasteiger partial charge in [0.1, 0.15) is 0 Å². The zero-order chi connectivity index (χ0) is 9.68. The van der Waals surface area contributed by atoms with Crippen molar-refractivity contribution in [3.63, 3.8) is 0 Å². The van der Waals surface area contributed by atoms with E-state index in [1.807, 2.05) is 6.08 Å². The van der Waals surface area contributed by atoms with E-state index < -0.39 is 0 Å². The van der Waals surface area contributed by atoms with E-state index in [9.17, 15) is 0 Å². The molecule has 2 nitrogen and oxygen atoms in total. The van der Waals surface area contributed by atoms with Crippen LogP contribution in [0, 0.1) is 0 Å². The molecule has 0 saturated heterocycles. The molecule has 0 radical (unpaired) electrons. The Balaban J connectivity index is 2.02. The summed E-state index contributed by atoms with van der Waals surface area (Å²) in [6.45, 7) is 8.15. The van der Waals surface area contributed by atoms with Gasteiger partial charge < -0.3 is 5.32 Å². The molecule has 1 atom stereocenters. The fraction of sp³-hybridized carbons (Fsp3) is 0.818. The Morgan fingerprint density at radius 1 is 1.62 bits per heavy atom. The summed E-state index contributed by atoms with van der Waals surface area (Å²) in [5.41, 5.74) is 0.